The smallest absolute Gasteiger partial charge is 0.337 e. The van der Waals surface area contributed by atoms with Crippen LogP contribution in [0.15, 0.2) is 72.8 Å². The normalized spacial score (nSPS) is 10.2. The van der Waals surface area contributed by atoms with Crippen LogP contribution < -0.4 is 26.2 Å². The average molecular weight is 530 g/mol. The Morgan fingerprint density at radius 2 is 1.56 bits per heavy atom. The van der Waals surface area contributed by atoms with Gasteiger partial charge in [0, 0.05) is 25.0 Å². The maximum atomic E-state index is 12.5. The molecule has 0 heterocycles. The van der Waals surface area contributed by atoms with E-state index in [1.807, 2.05) is 18.2 Å². The number of rotatable bonds is 8. The molecule has 0 aliphatic rings. The standard InChI is InChI=1S/C25H25Cl2N5O4/c1-32(25(35)29-19-11-12-20(26)21(27)15-19)14-13-17-7-5-6-10-22(17)36-16-23(33)30-31-24(34)28-18-8-3-2-4-9-18/h2-12,15H,13-14,16H2,1H3,(H,29,35)(H,30,33)(H2,28,31,34). The number of amides is 5. The number of nitrogens with one attached hydrogen (secondary N) is 4. The lowest BCUT2D eigenvalue weighted by atomic mass is 10.1. The molecule has 5 amide bonds. The first kappa shape index (κ1) is 26.7. The Kier molecular flexibility index (Phi) is 9.79. The highest BCUT2D eigenvalue weighted by atomic mass is 35.5. The average Bonchev–Trinajstić information content (AvgIpc) is 2.88. The van der Waals surface area contributed by atoms with Crippen molar-refractivity contribution in [2.24, 2.45) is 0 Å². The number of ether oxygens (including phenoxy) is 1. The van der Waals surface area contributed by atoms with Gasteiger partial charge in [-0.1, -0.05) is 59.6 Å². The first-order valence-corrected chi connectivity index (χ1v) is 11.7. The number of nitrogens with zero attached hydrogens (tertiary/aromatic N) is 1. The molecule has 0 spiro atoms. The third-order valence-electron chi connectivity index (χ3n) is 4.91. The zero-order valence-corrected chi connectivity index (χ0v) is 20.9. The maximum absolute atomic E-state index is 12.5. The van der Waals surface area contributed by atoms with Gasteiger partial charge < -0.3 is 20.3 Å². The Morgan fingerprint density at radius 1 is 0.833 bits per heavy atom. The fourth-order valence-electron chi connectivity index (χ4n) is 3.02. The van der Waals surface area contributed by atoms with Crippen LogP contribution in [0.2, 0.25) is 10.0 Å². The third-order valence-corrected chi connectivity index (χ3v) is 5.65. The SMILES string of the molecule is CN(CCc1ccccc1OCC(=O)NNC(=O)Nc1ccccc1)C(=O)Nc1ccc(Cl)c(Cl)c1. The molecule has 0 unspecified atom stereocenters. The van der Waals surface area contributed by atoms with Gasteiger partial charge in [-0.3, -0.25) is 10.2 Å². The summed E-state index contributed by atoms with van der Waals surface area (Å²) >= 11 is 11.9. The molecule has 0 fully saturated rings. The summed E-state index contributed by atoms with van der Waals surface area (Å²) in [6, 6.07) is 20.0. The molecular weight excluding hydrogens is 505 g/mol. The predicted molar refractivity (Wildman–Crippen MR) is 140 cm³/mol. The van der Waals surface area contributed by atoms with Gasteiger partial charge in [0.25, 0.3) is 5.91 Å². The minimum absolute atomic E-state index is 0.309. The van der Waals surface area contributed by atoms with Crippen LogP contribution in [0, 0.1) is 0 Å². The van der Waals surface area contributed by atoms with E-state index in [-0.39, 0.29) is 12.6 Å². The highest BCUT2D eigenvalue weighted by Gasteiger charge is 2.13. The van der Waals surface area contributed by atoms with Crippen LogP contribution in [0.25, 0.3) is 0 Å². The quantitative estimate of drug-likeness (QED) is 0.310. The van der Waals surface area contributed by atoms with Crippen molar-refractivity contribution in [1.29, 1.82) is 0 Å². The largest absolute Gasteiger partial charge is 0.483 e. The van der Waals surface area contributed by atoms with Crippen molar-refractivity contribution in [1.82, 2.24) is 15.8 Å². The number of hydrazine groups is 1. The van der Waals surface area contributed by atoms with E-state index in [1.165, 1.54) is 4.90 Å². The van der Waals surface area contributed by atoms with Gasteiger partial charge in [0.2, 0.25) is 0 Å². The molecule has 9 nitrogen and oxygen atoms in total. The molecule has 3 rings (SSSR count). The number of carbonyl (C=O) groups is 3. The number of hydrogen-bond donors (Lipinski definition) is 4. The molecule has 4 N–H and O–H groups in total. The van der Waals surface area contributed by atoms with Crippen molar-refractivity contribution >= 4 is 52.5 Å². The Morgan fingerprint density at radius 3 is 2.31 bits per heavy atom. The van der Waals surface area contributed by atoms with Crippen LogP contribution in [0.1, 0.15) is 5.56 Å². The molecule has 0 saturated heterocycles. The summed E-state index contributed by atoms with van der Waals surface area (Å²) in [5, 5.41) is 6.09. The number of anilines is 2. The molecule has 0 bridgehead atoms. The fourth-order valence-corrected chi connectivity index (χ4v) is 3.32. The molecule has 11 heteroatoms. The molecule has 188 valence electrons. The molecule has 0 aliphatic heterocycles. The van der Waals surface area contributed by atoms with Crippen molar-refractivity contribution in [2.45, 2.75) is 6.42 Å². The summed E-state index contributed by atoms with van der Waals surface area (Å²) in [6.07, 6.45) is 0.487. The van der Waals surface area contributed by atoms with Crippen molar-refractivity contribution in [3.05, 3.63) is 88.4 Å². The fraction of sp³-hybridized carbons (Fsp3) is 0.160. The van der Waals surface area contributed by atoms with Crippen LogP contribution in [-0.2, 0) is 11.2 Å². The number of carbonyl (C=O) groups excluding carboxylic acids is 3. The van der Waals surface area contributed by atoms with E-state index in [9.17, 15) is 14.4 Å². The molecule has 0 atom stereocenters. The molecule has 3 aromatic rings. The summed E-state index contributed by atoms with van der Waals surface area (Å²) in [5.41, 5.74) is 6.48. The summed E-state index contributed by atoms with van der Waals surface area (Å²) in [6.45, 7) is 0.0806. The summed E-state index contributed by atoms with van der Waals surface area (Å²) in [4.78, 5) is 38.0. The molecule has 36 heavy (non-hydrogen) atoms. The van der Waals surface area contributed by atoms with Crippen molar-refractivity contribution in [2.75, 3.05) is 30.8 Å². The van der Waals surface area contributed by atoms with Crippen molar-refractivity contribution in [3.63, 3.8) is 0 Å². The van der Waals surface area contributed by atoms with E-state index in [4.69, 9.17) is 27.9 Å². The first-order chi connectivity index (χ1) is 17.3. The van der Waals surface area contributed by atoms with E-state index < -0.39 is 11.9 Å². The van der Waals surface area contributed by atoms with Crippen LogP contribution in [-0.4, -0.2) is 43.1 Å². The highest BCUT2D eigenvalue weighted by molar-refractivity contribution is 6.42. The van der Waals surface area contributed by atoms with Crippen molar-refractivity contribution in [3.8, 4) is 5.75 Å². The zero-order chi connectivity index (χ0) is 25.9. The monoisotopic (exact) mass is 529 g/mol. The van der Waals surface area contributed by atoms with Gasteiger partial charge in [-0.2, -0.15) is 0 Å². The van der Waals surface area contributed by atoms with Crippen molar-refractivity contribution < 1.29 is 19.1 Å². The Balaban J connectivity index is 1.44. The second-order valence-electron chi connectivity index (χ2n) is 7.62. The van der Waals surface area contributed by atoms with Gasteiger partial charge in [-0.05, 0) is 48.4 Å². The Bertz CT molecular complexity index is 1210. The van der Waals surface area contributed by atoms with E-state index >= 15 is 0 Å². The first-order valence-electron chi connectivity index (χ1n) is 10.9. The van der Waals surface area contributed by atoms with E-state index in [0.717, 1.165) is 5.56 Å². The second kappa shape index (κ2) is 13.2. The minimum Gasteiger partial charge on any atom is -0.483 e. The summed E-state index contributed by atoms with van der Waals surface area (Å²) in [7, 11) is 1.66. The predicted octanol–water partition coefficient (Wildman–Crippen LogP) is 4.93. The van der Waals surface area contributed by atoms with E-state index in [2.05, 4.69) is 21.5 Å². The summed E-state index contributed by atoms with van der Waals surface area (Å²) < 4.78 is 5.63. The van der Waals surface area contributed by atoms with Crippen LogP contribution in [0.4, 0.5) is 21.0 Å². The van der Waals surface area contributed by atoms with Gasteiger partial charge in [0.05, 0.1) is 10.0 Å². The lowest BCUT2D eigenvalue weighted by molar-refractivity contribution is -0.123. The molecule has 3 aromatic carbocycles. The topological polar surface area (TPSA) is 112 Å². The highest BCUT2D eigenvalue weighted by Crippen LogP contribution is 2.25. The molecular formula is C25H25Cl2N5O4. The molecule has 0 saturated carbocycles. The third kappa shape index (κ3) is 8.37. The minimum atomic E-state index is -0.586. The van der Waals surface area contributed by atoms with Gasteiger partial charge in [-0.15, -0.1) is 0 Å². The molecule has 0 aromatic heterocycles. The Labute approximate surface area is 218 Å². The lowest BCUT2D eigenvalue weighted by Crippen LogP contribution is -2.45. The molecule has 0 radical (unpaired) electrons. The number of urea groups is 2. The van der Waals surface area contributed by atoms with E-state index in [1.54, 1.807) is 61.6 Å². The lowest BCUT2D eigenvalue weighted by Gasteiger charge is -2.19. The Hall–Kier alpha value is -3.95. The van der Waals surface area contributed by atoms with Gasteiger partial charge in [0.1, 0.15) is 5.75 Å². The molecule has 0 aliphatic carbocycles. The number of halogens is 2. The number of benzene rings is 3. The summed E-state index contributed by atoms with van der Waals surface area (Å²) in [5.74, 6) is -0.0363. The van der Waals surface area contributed by atoms with Crippen LogP contribution in [0.3, 0.4) is 0 Å². The van der Waals surface area contributed by atoms with Gasteiger partial charge in [0.15, 0.2) is 6.61 Å². The zero-order valence-electron chi connectivity index (χ0n) is 19.4. The number of para-hydroxylation sites is 2. The number of likely N-dealkylation sites (N-methyl/N-ethyl adjacent to an activating group) is 1. The van der Waals surface area contributed by atoms with Crippen LogP contribution in [0.5, 0.6) is 5.75 Å². The number of hydrogen-bond acceptors (Lipinski definition) is 4. The second-order valence-corrected chi connectivity index (χ2v) is 8.43. The maximum Gasteiger partial charge on any atom is 0.337 e. The van der Waals surface area contributed by atoms with Crippen LogP contribution >= 0.6 is 23.2 Å². The van der Waals surface area contributed by atoms with E-state index in [0.29, 0.717) is 40.1 Å². The van der Waals surface area contributed by atoms with Gasteiger partial charge >= 0.3 is 12.1 Å². The van der Waals surface area contributed by atoms with Gasteiger partial charge in [-0.25, -0.2) is 15.0 Å².